The fourth-order valence-corrected chi connectivity index (χ4v) is 5.49. The number of ether oxygens (including phenoxy) is 1. The molecule has 180 valence electrons. The van der Waals surface area contributed by atoms with Gasteiger partial charge in [0.2, 0.25) is 5.88 Å². The highest BCUT2D eigenvalue weighted by Gasteiger charge is 2.27. The van der Waals surface area contributed by atoms with Crippen molar-refractivity contribution in [1.29, 1.82) is 0 Å². The summed E-state index contributed by atoms with van der Waals surface area (Å²) in [6, 6.07) is 5.00. The SMILES string of the molecule is O=C(O)Cn1ncc2c1CCC[C@H]2NCS(=O)(=O)c1cnc(Oc2ccc(Cl)c(F)c2)c(Br)c1. The predicted molar refractivity (Wildman–Crippen MR) is 124 cm³/mol. The number of carbonyl (C=O) groups is 1. The van der Waals surface area contributed by atoms with E-state index in [1.807, 2.05) is 0 Å². The monoisotopic (exact) mass is 572 g/mol. The minimum Gasteiger partial charge on any atom is -0.480 e. The number of sulfone groups is 1. The van der Waals surface area contributed by atoms with Crippen LogP contribution in [0.5, 0.6) is 11.6 Å². The number of nitrogens with one attached hydrogen (secondary N) is 1. The van der Waals surface area contributed by atoms with Crippen LogP contribution >= 0.6 is 27.5 Å². The van der Waals surface area contributed by atoms with Crippen molar-refractivity contribution in [1.82, 2.24) is 20.1 Å². The van der Waals surface area contributed by atoms with Crippen molar-refractivity contribution in [2.24, 2.45) is 0 Å². The lowest BCUT2D eigenvalue weighted by Gasteiger charge is -2.24. The molecule has 1 aromatic carbocycles. The number of benzene rings is 1. The van der Waals surface area contributed by atoms with Gasteiger partial charge in [0.1, 0.15) is 24.0 Å². The zero-order valence-electron chi connectivity index (χ0n) is 17.5. The molecule has 2 heterocycles. The zero-order valence-corrected chi connectivity index (χ0v) is 20.7. The van der Waals surface area contributed by atoms with Crippen molar-refractivity contribution in [3.05, 3.63) is 63.2 Å². The molecule has 9 nitrogen and oxygen atoms in total. The minimum absolute atomic E-state index is 0.0286. The van der Waals surface area contributed by atoms with Crippen molar-refractivity contribution >= 4 is 43.3 Å². The van der Waals surface area contributed by atoms with Crippen LogP contribution in [0.15, 0.2) is 46.0 Å². The largest absolute Gasteiger partial charge is 0.480 e. The fraction of sp³-hybridized carbons (Fsp3) is 0.286. The Morgan fingerprint density at radius 3 is 2.85 bits per heavy atom. The van der Waals surface area contributed by atoms with Crippen molar-refractivity contribution in [2.45, 2.75) is 36.7 Å². The lowest BCUT2D eigenvalue weighted by Crippen LogP contribution is -2.30. The first-order chi connectivity index (χ1) is 16.1. The van der Waals surface area contributed by atoms with Gasteiger partial charge < -0.3 is 9.84 Å². The van der Waals surface area contributed by atoms with Crippen LogP contribution in [0, 0.1) is 5.82 Å². The smallest absolute Gasteiger partial charge is 0.325 e. The molecule has 0 fully saturated rings. The highest BCUT2D eigenvalue weighted by atomic mass is 79.9. The molecule has 2 aromatic heterocycles. The molecule has 3 aromatic rings. The van der Waals surface area contributed by atoms with Crippen LogP contribution < -0.4 is 10.1 Å². The molecule has 1 aliphatic carbocycles. The number of hydrogen-bond donors (Lipinski definition) is 2. The molecule has 1 atom stereocenters. The van der Waals surface area contributed by atoms with E-state index in [2.05, 4.69) is 31.3 Å². The normalized spacial score (nSPS) is 15.7. The molecule has 0 unspecified atom stereocenters. The maximum atomic E-state index is 13.6. The Hall–Kier alpha value is -2.54. The van der Waals surface area contributed by atoms with E-state index in [0.717, 1.165) is 23.7 Å². The van der Waals surface area contributed by atoms with Crippen molar-refractivity contribution in [3.8, 4) is 11.6 Å². The molecule has 0 radical (unpaired) electrons. The minimum atomic E-state index is -3.76. The van der Waals surface area contributed by atoms with Gasteiger partial charge in [0.05, 0.1) is 20.6 Å². The van der Waals surface area contributed by atoms with E-state index in [9.17, 15) is 17.6 Å². The summed E-state index contributed by atoms with van der Waals surface area (Å²) in [4.78, 5) is 15.1. The number of hydrogen-bond acceptors (Lipinski definition) is 7. The van der Waals surface area contributed by atoms with Crippen LogP contribution in [0.25, 0.3) is 0 Å². The molecular weight excluding hydrogens is 555 g/mol. The number of fused-ring (bicyclic) bond motifs is 1. The average molecular weight is 574 g/mol. The molecule has 4 rings (SSSR count). The fourth-order valence-electron chi connectivity index (χ4n) is 3.69. The van der Waals surface area contributed by atoms with E-state index in [-0.39, 0.29) is 44.5 Å². The number of carboxylic acid groups (broad SMARTS) is 1. The zero-order chi connectivity index (χ0) is 24.5. The van der Waals surface area contributed by atoms with E-state index < -0.39 is 21.6 Å². The second kappa shape index (κ2) is 9.98. The van der Waals surface area contributed by atoms with Gasteiger partial charge in [-0.1, -0.05) is 11.6 Å². The summed E-state index contributed by atoms with van der Waals surface area (Å²) >= 11 is 8.91. The topological polar surface area (TPSA) is 123 Å². The van der Waals surface area contributed by atoms with Crippen LogP contribution in [0.3, 0.4) is 0 Å². The Balaban J connectivity index is 1.46. The standard InChI is InChI=1S/C21H19BrClFN4O5S/c22-15-7-13(8-25-21(15)33-12-4-5-16(23)17(24)6-12)34(31,32)11-26-18-2-1-3-19-14(18)9-27-28(19)10-20(29)30/h4-9,18,26H,1-3,10-11H2,(H,29,30)/t18-/m1/s1. The van der Waals surface area contributed by atoms with E-state index in [1.54, 1.807) is 6.20 Å². The van der Waals surface area contributed by atoms with Gasteiger partial charge in [-0.2, -0.15) is 5.10 Å². The molecule has 2 N–H and O–H groups in total. The Kier molecular flexibility index (Phi) is 7.22. The highest BCUT2D eigenvalue weighted by molar-refractivity contribution is 9.10. The second-order valence-electron chi connectivity index (χ2n) is 7.64. The number of carboxylic acids is 1. The van der Waals surface area contributed by atoms with Gasteiger partial charge >= 0.3 is 5.97 Å². The van der Waals surface area contributed by atoms with Crippen LogP contribution in [0.1, 0.15) is 30.1 Å². The number of aliphatic carboxylic acids is 1. The predicted octanol–water partition coefficient (Wildman–Crippen LogP) is 4.11. The van der Waals surface area contributed by atoms with Gasteiger partial charge in [0.25, 0.3) is 0 Å². The molecule has 34 heavy (non-hydrogen) atoms. The van der Waals surface area contributed by atoms with Gasteiger partial charge in [-0.05, 0) is 53.4 Å². The van der Waals surface area contributed by atoms with Gasteiger partial charge in [-0.15, -0.1) is 0 Å². The van der Waals surface area contributed by atoms with E-state index in [1.165, 1.54) is 29.1 Å². The third-order valence-corrected chi connectivity index (χ3v) is 7.68. The molecule has 0 bridgehead atoms. The quantitative estimate of drug-likeness (QED) is 0.413. The number of rotatable bonds is 8. The van der Waals surface area contributed by atoms with Crippen molar-refractivity contribution < 1.29 is 27.4 Å². The van der Waals surface area contributed by atoms with Crippen LogP contribution in [0.4, 0.5) is 4.39 Å². The Labute approximate surface area is 208 Å². The maximum Gasteiger partial charge on any atom is 0.325 e. The number of pyridine rings is 1. The van der Waals surface area contributed by atoms with E-state index >= 15 is 0 Å². The summed E-state index contributed by atoms with van der Waals surface area (Å²) in [5, 5.41) is 16.2. The second-order valence-corrected chi connectivity index (χ2v) is 10.9. The van der Waals surface area contributed by atoms with Crippen LogP contribution in [-0.4, -0.2) is 40.1 Å². The first kappa shape index (κ1) is 24.6. The van der Waals surface area contributed by atoms with Gasteiger partial charge in [0, 0.05) is 29.6 Å². The Bertz CT molecular complexity index is 1350. The molecule has 0 spiro atoms. The summed E-state index contributed by atoms with van der Waals surface area (Å²) in [7, 11) is -3.76. The number of halogens is 3. The maximum absolute atomic E-state index is 13.6. The first-order valence-electron chi connectivity index (χ1n) is 10.1. The summed E-state index contributed by atoms with van der Waals surface area (Å²) in [5.41, 5.74) is 1.61. The van der Waals surface area contributed by atoms with Crippen molar-refractivity contribution in [2.75, 3.05) is 5.88 Å². The van der Waals surface area contributed by atoms with Crippen molar-refractivity contribution in [3.63, 3.8) is 0 Å². The number of aromatic nitrogens is 3. The van der Waals surface area contributed by atoms with Gasteiger partial charge in [-0.25, -0.2) is 17.8 Å². The van der Waals surface area contributed by atoms with Crippen LogP contribution in [0.2, 0.25) is 5.02 Å². The average Bonchev–Trinajstić information content (AvgIpc) is 3.19. The summed E-state index contributed by atoms with van der Waals surface area (Å²) in [6.45, 7) is -0.239. The molecule has 0 saturated heterocycles. The van der Waals surface area contributed by atoms with E-state index in [4.69, 9.17) is 21.4 Å². The first-order valence-corrected chi connectivity index (χ1v) is 13.0. The Morgan fingerprint density at radius 2 is 2.15 bits per heavy atom. The molecule has 0 aliphatic heterocycles. The third-order valence-electron chi connectivity index (χ3n) is 5.31. The molecule has 0 saturated carbocycles. The summed E-state index contributed by atoms with van der Waals surface area (Å²) < 4.78 is 46.7. The van der Waals surface area contributed by atoms with Gasteiger partial charge in [0.15, 0.2) is 9.84 Å². The lowest BCUT2D eigenvalue weighted by molar-refractivity contribution is -0.137. The molecule has 1 aliphatic rings. The van der Waals surface area contributed by atoms with Gasteiger partial charge in [-0.3, -0.25) is 14.8 Å². The summed E-state index contributed by atoms with van der Waals surface area (Å²) in [6.07, 6.45) is 4.92. The van der Waals surface area contributed by atoms with Crippen LogP contribution in [-0.2, 0) is 27.6 Å². The lowest BCUT2D eigenvalue weighted by atomic mass is 9.93. The summed E-state index contributed by atoms with van der Waals surface area (Å²) in [5.74, 6) is -1.77. The van der Waals surface area contributed by atoms with E-state index in [0.29, 0.717) is 12.8 Å². The number of nitrogens with zero attached hydrogens (tertiary/aromatic N) is 3. The third kappa shape index (κ3) is 5.40. The Morgan fingerprint density at radius 1 is 1.35 bits per heavy atom. The highest BCUT2D eigenvalue weighted by Crippen LogP contribution is 2.32. The molecule has 0 amide bonds. The molecule has 13 heteroatoms. The molecular formula is C21H19BrClFN4O5S.